The number of ether oxygens (including phenoxy) is 1. The van der Waals surface area contributed by atoms with Gasteiger partial charge in [-0.3, -0.25) is 14.3 Å². The molecule has 1 unspecified atom stereocenters. The molecule has 0 bridgehead atoms. The van der Waals surface area contributed by atoms with Crippen molar-refractivity contribution < 1.29 is 24.2 Å². The maximum atomic E-state index is 12.8. The number of carbonyl (C=O) groups excluding carboxylic acids is 2. The second kappa shape index (κ2) is 10.5. The van der Waals surface area contributed by atoms with Gasteiger partial charge in [0.2, 0.25) is 0 Å². The average Bonchev–Trinajstić information content (AvgIpc) is 3.10. The highest BCUT2D eigenvalue weighted by Crippen LogP contribution is 2.34. The summed E-state index contributed by atoms with van der Waals surface area (Å²) in [7, 11) is 3.32. The molecule has 3 amide bonds. The number of aromatic nitrogens is 1. The molecule has 4 N–H and O–H groups in total. The molecule has 11 heteroatoms. The molecule has 3 aromatic rings. The molecule has 0 aliphatic rings. The highest BCUT2D eigenvalue weighted by molar-refractivity contribution is 7.98. The normalized spacial score (nSPS) is 11.6. The Hall–Kier alpha value is -3.37. The zero-order valence-electron chi connectivity index (χ0n) is 18.1. The maximum absolute atomic E-state index is 12.8. The Morgan fingerprint density at radius 2 is 1.88 bits per heavy atom. The lowest BCUT2D eigenvalue weighted by atomic mass is 10.2. The van der Waals surface area contributed by atoms with Gasteiger partial charge in [0.1, 0.15) is 11.4 Å². The third kappa shape index (κ3) is 5.91. The van der Waals surface area contributed by atoms with Crippen LogP contribution in [-0.4, -0.2) is 40.7 Å². The van der Waals surface area contributed by atoms with Crippen LogP contribution in [0.5, 0.6) is 5.75 Å². The molecule has 1 heterocycles. The highest BCUT2D eigenvalue weighted by Gasteiger charge is 2.17. The Labute approximate surface area is 199 Å². The molecule has 0 radical (unpaired) electrons. The molecule has 0 saturated carbocycles. The van der Waals surface area contributed by atoms with E-state index in [-0.39, 0.29) is 12.3 Å². The molecule has 1 aromatic heterocycles. The number of amides is 3. The molecule has 1 atom stereocenters. The highest BCUT2D eigenvalue weighted by atomic mass is 35.5. The number of benzene rings is 2. The number of nitrogens with zero attached hydrogens (tertiary/aromatic N) is 1. The zero-order chi connectivity index (χ0) is 24.1. The van der Waals surface area contributed by atoms with Crippen LogP contribution in [-0.2, 0) is 11.8 Å². The monoisotopic (exact) mass is 490 g/mol. The molecular formula is C22H23ClN4O5S. The summed E-state index contributed by atoms with van der Waals surface area (Å²) in [6.45, 7) is 1.61. The van der Waals surface area contributed by atoms with Crippen LogP contribution in [0.3, 0.4) is 0 Å². The third-order valence-corrected chi connectivity index (χ3v) is 5.99. The summed E-state index contributed by atoms with van der Waals surface area (Å²) >= 11 is 7.45. The van der Waals surface area contributed by atoms with Crippen molar-refractivity contribution in [3.05, 3.63) is 53.2 Å². The third-order valence-electron chi connectivity index (χ3n) is 4.81. The van der Waals surface area contributed by atoms with Crippen molar-refractivity contribution in [3.8, 4) is 5.75 Å². The average molecular weight is 491 g/mol. The first kappa shape index (κ1) is 24.3. The van der Waals surface area contributed by atoms with E-state index < -0.39 is 18.0 Å². The SMILES string of the molecule is COc1ccc2c(cc(C(=O)Nc3ccc(SNC(=O)NC(C)CC(=O)O)cc3)n2C)c1Cl. The van der Waals surface area contributed by atoms with Crippen molar-refractivity contribution in [1.82, 2.24) is 14.6 Å². The van der Waals surface area contributed by atoms with E-state index in [2.05, 4.69) is 15.4 Å². The minimum atomic E-state index is -0.987. The van der Waals surface area contributed by atoms with E-state index in [1.165, 1.54) is 7.11 Å². The van der Waals surface area contributed by atoms with Crippen LogP contribution >= 0.6 is 23.5 Å². The summed E-state index contributed by atoms with van der Waals surface area (Å²) in [5, 5.41) is 15.3. The summed E-state index contributed by atoms with van der Waals surface area (Å²) in [5.74, 6) is -0.748. The van der Waals surface area contributed by atoms with Crippen molar-refractivity contribution in [2.45, 2.75) is 24.3 Å². The maximum Gasteiger partial charge on any atom is 0.325 e. The lowest BCUT2D eigenvalue weighted by Crippen LogP contribution is -2.38. The van der Waals surface area contributed by atoms with Crippen molar-refractivity contribution in [2.24, 2.45) is 7.05 Å². The van der Waals surface area contributed by atoms with Crippen LogP contribution in [0.4, 0.5) is 10.5 Å². The first-order valence-corrected chi connectivity index (χ1v) is 11.1. The number of urea groups is 1. The van der Waals surface area contributed by atoms with Crippen LogP contribution in [0.15, 0.2) is 47.4 Å². The quantitative estimate of drug-likeness (QED) is 0.350. The van der Waals surface area contributed by atoms with E-state index in [0.29, 0.717) is 22.2 Å². The number of anilines is 1. The Morgan fingerprint density at radius 1 is 1.18 bits per heavy atom. The number of carboxylic acids is 1. The minimum Gasteiger partial charge on any atom is -0.495 e. The lowest BCUT2D eigenvalue weighted by molar-refractivity contribution is -0.137. The summed E-state index contributed by atoms with van der Waals surface area (Å²) < 4.78 is 9.59. The van der Waals surface area contributed by atoms with Gasteiger partial charge in [0.15, 0.2) is 0 Å². The number of aryl methyl sites for hydroxylation is 1. The summed E-state index contributed by atoms with van der Waals surface area (Å²) in [6, 6.07) is 11.2. The number of carboxylic acid groups (broad SMARTS) is 1. The van der Waals surface area contributed by atoms with Gasteiger partial charge in [-0.15, -0.1) is 0 Å². The molecule has 3 rings (SSSR count). The number of aliphatic carboxylic acids is 1. The molecule has 174 valence electrons. The summed E-state index contributed by atoms with van der Waals surface area (Å²) in [5.41, 5.74) is 1.82. The first-order chi connectivity index (χ1) is 15.7. The second-order valence-electron chi connectivity index (χ2n) is 7.26. The van der Waals surface area contributed by atoms with Gasteiger partial charge in [-0.05, 0) is 61.3 Å². The largest absolute Gasteiger partial charge is 0.495 e. The fourth-order valence-electron chi connectivity index (χ4n) is 3.20. The topological polar surface area (TPSA) is 122 Å². The first-order valence-electron chi connectivity index (χ1n) is 9.88. The standard InChI is InChI=1S/C22H23ClN4O5S/c1-12(10-19(28)29)24-22(31)26-33-14-6-4-13(5-7-14)25-21(30)17-11-15-16(27(17)2)8-9-18(32-3)20(15)23/h4-9,11-12H,10H2,1-3H3,(H,25,30)(H,28,29)(H2,24,26,31). The van der Waals surface area contributed by atoms with Gasteiger partial charge >= 0.3 is 12.0 Å². The second-order valence-corrected chi connectivity index (χ2v) is 8.52. The van der Waals surface area contributed by atoms with E-state index in [1.807, 2.05) is 6.07 Å². The molecule has 0 fully saturated rings. The summed E-state index contributed by atoms with van der Waals surface area (Å²) in [4.78, 5) is 36.1. The van der Waals surface area contributed by atoms with E-state index in [9.17, 15) is 14.4 Å². The van der Waals surface area contributed by atoms with Crippen molar-refractivity contribution in [2.75, 3.05) is 12.4 Å². The smallest absolute Gasteiger partial charge is 0.325 e. The zero-order valence-corrected chi connectivity index (χ0v) is 19.7. The van der Waals surface area contributed by atoms with Gasteiger partial charge in [0.05, 0.1) is 24.1 Å². The van der Waals surface area contributed by atoms with Crippen LogP contribution in [0, 0.1) is 0 Å². The number of halogens is 1. The summed E-state index contributed by atoms with van der Waals surface area (Å²) in [6.07, 6.45) is -0.164. The van der Waals surface area contributed by atoms with Crippen molar-refractivity contribution in [3.63, 3.8) is 0 Å². The Morgan fingerprint density at radius 3 is 2.52 bits per heavy atom. The van der Waals surface area contributed by atoms with Crippen LogP contribution in [0.25, 0.3) is 10.9 Å². The number of carbonyl (C=O) groups is 3. The number of hydrogen-bond donors (Lipinski definition) is 4. The predicted molar refractivity (Wildman–Crippen MR) is 128 cm³/mol. The fraction of sp³-hybridized carbons (Fsp3) is 0.227. The number of methoxy groups -OCH3 is 1. The minimum absolute atomic E-state index is 0.164. The number of rotatable bonds is 8. The Kier molecular flexibility index (Phi) is 7.72. The van der Waals surface area contributed by atoms with Gasteiger partial charge in [-0.1, -0.05) is 11.6 Å². The van der Waals surface area contributed by atoms with Gasteiger partial charge in [0.25, 0.3) is 5.91 Å². The van der Waals surface area contributed by atoms with Crippen LogP contribution < -0.4 is 20.1 Å². The van der Waals surface area contributed by atoms with Gasteiger partial charge < -0.3 is 25.0 Å². The van der Waals surface area contributed by atoms with Gasteiger partial charge in [-0.2, -0.15) is 0 Å². The van der Waals surface area contributed by atoms with Crippen LogP contribution in [0.2, 0.25) is 5.02 Å². The molecule has 0 aliphatic carbocycles. The number of hydrogen-bond acceptors (Lipinski definition) is 5. The molecule has 0 aliphatic heterocycles. The van der Waals surface area contributed by atoms with E-state index >= 15 is 0 Å². The van der Waals surface area contributed by atoms with E-state index in [1.54, 1.807) is 54.9 Å². The fourth-order valence-corrected chi connectivity index (χ4v) is 4.04. The Bertz CT molecular complexity index is 1200. The molecule has 33 heavy (non-hydrogen) atoms. The molecule has 9 nitrogen and oxygen atoms in total. The van der Waals surface area contributed by atoms with E-state index in [4.69, 9.17) is 21.4 Å². The van der Waals surface area contributed by atoms with Gasteiger partial charge in [-0.25, -0.2) is 4.79 Å². The molecular weight excluding hydrogens is 468 g/mol. The van der Waals surface area contributed by atoms with Crippen molar-refractivity contribution >= 4 is 58.0 Å². The molecule has 0 saturated heterocycles. The lowest BCUT2D eigenvalue weighted by Gasteiger charge is -2.12. The van der Waals surface area contributed by atoms with E-state index in [0.717, 1.165) is 27.7 Å². The molecule has 0 spiro atoms. The number of nitrogens with one attached hydrogen (secondary N) is 3. The van der Waals surface area contributed by atoms with Gasteiger partial charge in [0, 0.05) is 29.1 Å². The molecule has 2 aromatic carbocycles. The van der Waals surface area contributed by atoms with Crippen LogP contribution in [0.1, 0.15) is 23.8 Å². The predicted octanol–water partition coefficient (Wildman–Crippen LogP) is 4.26. The Balaban J connectivity index is 1.61. The number of fused-ring (bicyclic) bond motifs is 1. The van der Waals surface area contributed by atoms with Crippen molar-refractivity contribution in [1.29, 1.82) is 0 Å².